The predicted molar refractivity (Wildman–Crippen MR) is 114 cm³/mol. The van der Waals surface area contributed by atoms with Gasteiger partial charge < -0.3 is 13.7 Å². The standard InChI is InChI=1S/C20H22ClN3O6S/c1-4-13-7-17-15(9-16(13)21)14(8-20(26)30-17)11-29-19(25)5-6-22-31(27,28)18-10-24(3)12(2)23-18/h7-10,22H,4-6,11H2,1-3H3. The van der Waals surface area contributed by atoms with Crippen LogP contribution < -0.4 is 10.3 Å². The highest BCUT2D eigenvalue weighted by Gasteiger charge is 2.19. The molecule has 31 heavy (non-hydrogen) atoms. The van der Waals surface area contributed by atoms with Crippen molar-refractivity contribution in [3.8, 4) is 0 Å². The van der Waals surface area contributed by atoms with E-state index in [-0.39, 0.29) is 24.6 Å². The Morgan fingerprint density at radius 1 is 1.29 bits per heavy atom. The van der Waals surface area contributed by atoms with Crippen molar-refractivity contribution in [1.82, 2.24) is 14.3 Å². The molecule has 0 fully saturated rings. The van der Waals surface area contributed by atoms with Gasteiger partial charge in [0.25, 0.3) is 10.0 Å². The number of ether oxygens (including phenoxy) is 1. The quantitative estimate of drug-likeness (QED) is 0.399. The Kier molecular flexibility index (Phi) is 6.83. The van der Waals surface area contributed by atoms with E-state index in [2.05, 4.69) is 9.71 Å². The third-order valence-corrected chi connectivity index (χ3v) is 6.43. The first-order chi connectivity index (χ1) is 14.6. The molecule has 0 aliphatic rings. The van der Waals surface area contributed by atoms with Crippen molar-refractivity contribution in [3.63, 3.8) is 0 Å². The molecule has 1 N–H and O–H groups in total. The van der Waals surface area contributed by atoms with Crippen LogP contribution >= 0.6 is 11.6 Å². The molecule has 0 aliphatic heterocycles. The number of carbonyl (C=O) groups is 1. The average molecular weight is 468 g/mol. The smallest absolute Gasteiger partial charge is 0.336 e. The monoisotopic (exact) mass is 467 g/mol. The number of nitrogens with one attached hydrogen (secondary N) is 1. The van der Waals surface area contributed by atoms with Crippen molar-refractivity contribution in [1.29, 1.82) is 0 Å². The fourth-order valence-corrected chi connectivity index (χ4v) is 4.29. The average Bonchev–Trinajstić information content (AvgIpc) is 3.05. The molecule has 11 heteroatoms. The minimum Gasteiger partial charge on any atom is -0.461 e. The zero-order chi connectivity index (χ0) is 22.8. The van der Waals surface area contributed by atoms with Crippen LogP contribution in [0.4, 0.5) is 0 Å². The lowest BCUT2D eigenvalue weighted by Crippen LogP contribution is -2.27. The Labute approximate surface area is 184 Å². The summed E-state index contributed by atoms with van der Waals surface area (Å²) in [4.78, 5) is 27.9. The highest BCUT2D eigenvalue weighted by atomic mass is 35.5. The lowest BCUT2D eigenvalue weighted by molar-refractivity contribution is -0.144. The van der Waals surface area contributed by atoms with Gasteiger partial charge in [0, 0.05) is 41.8 Å². The van der Waals surface area contributed by atoms with E-state index >= 15 is 0 Å². The third kappa shape index (κ3) is 5.33. The number of hydrogen-bond donors (Lipinski definition) is 1. The van der Waals surface area contributed by atoms with Gasteiger partial charge in [0.1, 0.15) is 18.0 Å². The molecule has 3 rings (SSSR count). The Bertz CT molecular complexity index is 1280. The predicted octanol–water partition coefficient (Wildman–Crippen LogP) is 2.46. The molecular formula is C20H22ClN3O6S. The van der Waals surface area contributed by atoms with Crippen LogP contribution in [0.2, 0.25) is 5.02 Å². The number of aryl methyl sites for hydroxylation is 3. The van der Waals surface area contributed by atoms with E-state index in [1.807, 2.05) is 6.92 Å². The molecule has 2 aromatic heterocycles. The zero-order valence-electron chi connectivity index (χ0n) is 17.3. The maximum Gasteiger partial charge on any atom is 0.336 e. The number of imidazole rings is 1. The molecule has 3 aromatic rings. The molecule has 0 aliphatic carbocycles. The molecule has 0 spiro atoms. The minimum atomic E-state index is -3.83. The van der Waals surface area contributed by atoms with Crippen molar-refractivity contribution in [2.45, 2.75) is 38.3 Å². The zero-order valence-corrected chi connectivity index (χ0v) is 18.8. The van der Waals surface area contributed by atoms with Crippen LogP contribution in [0.5, 0.6) is 0 Å². The molecule has 0 saturated carbocycles. The van der Waals surface area contributed by atoms with Gasteiger partial charge in [-0.15, -0.1) is 0 Å². The highest BCUT2D eigenvalue weighted by molar-refractivity contribution is 7.89. The number of aromatic nitrogens is 2. The number of hydrogen-bond acceptors (Lipinski definition) is 7. The summed E-state index contributed by atoms with van der Waals surface area (Å²) in [5.41, 5.74) is 1.08. The van der Waals surface area contributed by atoms with E-state index in [4.69, 9.17) is 20.8 Å². The molecule has 0 radical (unpaired) electrons. The van der Waals surface area contributed by atoms with Gasteiger partial charge in [-0.05, 0) is 31.0 Å². The number of halogens is 1. The number of esters is 1. The lowest BCUT2D eigenvalue weighted by atomic mass is 10.1. The molecule has 0 atom stereocenters. The molecule has 0 unspecified atom stereocenters. The van der Waals surface area contributed by atoms with Gasteiger partial charge in [-0.1, -0.05) is 18.5 Å². The van der Waals surface area contributed by atoms with Crippen molar-refractivity contribution >= 4 is 38.6 Å². The second kappa shape index (κ2) is 9.21. The van der Waals surface area contributed by atoms with Gasteiger partial charge in [-0.2, -0.15) is 0 Å². The number of benzene rings is 1. The maximum absolute atomic E-state index is 12.2. The third-order valence-electron chi connectivity index (χ3n) is 4.75. The molecular weight excluding hydrogens is 446 g/mol. The van der Waals surface area contributed by atoms with E-state index < -0.39 is 21.6 Å². The van der Waals surface area contributed by atoms with Crippen LogP contribution in [-0.4, -0.2) is 30.5 Å². The molecule has 1 aromatic carbocycles. The second-order valence-corrected chi connectivity index (χ2v) is 9.05. The van der Waals surface area contributed by atoms with Crippen LogP contribution in [-0.2, 0) is 39.6 Å². The van der Waals surface area contributed by atoms with E-state index in [1.165, 1.54) is 12.3 Å². The Hall–Kier alpha value is -2.69. The first-order valence-corrected chi connectivity index (χ1v) is 11.4. The number of rotatable bonds is 8. The summed E-state index contributed by atoms with van der Waals surface area (Å²) >= 11 is 6.25. The summed E-state index contributed by atoms with van der Waals surface area (Å²) in [7, 11) is -2.15. The molecule has 0 saturated heterocycles. The maximum atomic E-state index is 12.2. The Morgan fingerprint density at radius 3 is 2.68 bits per heavy atom. The molecule has 166 valence electrons. The number of sulfonamides is 1. The van der Waals surface area contributed by atoms with Crippen molar-refractivity contribution in [2.24, 2.45) is 7.05 Å². The van der Waals surface area contributed by atoms with Crippen LogP contribution in [0, 0.1) is 6.92 Å². The van der Waals surface area contributed by atoms with Gasteiger partial charge >= 0.3 is 11.6 Å². The molecule has 0 amide bonds. The summed E-state index contributed by atoms with van der Waals surface area (Å²) in [6.07, 6.45) is 1.87. The summed E-state index contributed by atoms with van der Waals surface area (Å²) in [5.74, 6) is -0.0805. The van der Waals surface area contributed by atoms with Crippen LogP contribution in [0.15, 0.2) is 38.6 Å². The Morgan fingerprint density at radius 2 is 2.03 bits per heavy atom. The van der Waals surface area contributed by atoms with Crippen molar-refractivity contribution < 1.29 is 22.4 Å². The summed E-state index contributed by atoms with van der Waals surface area (Å²) < 4.78 is 38.8. The van der Waals surface area contributed by atoms with Crippen molar-refractivity contribution in [3.05, 3.63) is 56.8 Å². The van der Waals surface area contributed by atoms with E-state index in [0.29, 0.717) is 33.8 Å². The summed E-state index contributed by atoms with van der Waals surface area (Å²) in [6, 6.07) is 4.60. The number of fused-ring (bicyclic) bond motifs is 1. The normalized spacial score (nSPS) is 11.7. The minimum absolute atomic E-state index is 0.119. The Balaban J connectivity index is 1.62. The highest BCUT2D eigenvalue weighted by Crippen LogP contribution is 2.26. The lowest BCUT2D eigenvalue weighted by Gasteiger charge is -2.09. The fourth-order valence-electron chi connectivity index (χ4n) is 2.93. The van der Waals surface area contributed by atoms with E-state index in [0.717, 1.165) is 5.56 Å². The fraction of sp³-hybridized carbons (Fsp3) is 0.350. The van der Waals surface area contributed by atoms with Crippen molar-refractivity contribution in [2.75, 3.05) is 6.54 Å². The van der Waals surface area contributed by atoms with Crippen LogP contribution in [0.25, 0.3) is 11.0 Å². The molecule has 9 nitrogen and oxygen atoms in total. The molecule has 2 heterocycles. The van der Waals surface area contributed by atoms with Crippen LogP contribution in [0.1, 0.15) is 30.3 Å². The van der Waals surface area contributed by atoms with E-state index in [1.54, 1.807) is 30.7 Å². The van der Waals surface area contributed by atoms with Gasteiger partial charge in [0.05, 0.1) is 6.42 Å². The second-order valence-electron chi connectivity index (χ2n) is 6.93. The number of nitrogens with zero attached hydrogens (tertiary/aromatic N) is 2. The topological polar surface area (TPSA) is 120 Å². The first-order valence-electron chi connectivity index (χ1n) is 9.51. The molecule has 0 bridgehead atoms. The summed E-state index contributed by atoms with van der Waals surface area (Å²) in [6.45, 7) is 3.29. The van der Waals surface area contributed by atoms with E-state index in [9.17, 15) is 18.0 Å². The number of carbonyl (C=O) groups excluding carboxylic acids is 1. The first kappa shape index (κ1) is 23.0. The summed E-state index contributed by atoms with van der Waals surface area (Å²) in [5, 5.41) is 0.975. The van der Waals surface area contributed by atoms with Gasteiger partial charge in [-0.25, -0.2) is 22.9 Å². The van der Waals surface area contributed by atoms with Gasteiger partial charge in [-0.3, -0.25) is 4.79 Å². The van der Waals surface area contributed by atoms with Crippen LogP contribution in [0.3, 0.4) is 0 Å². The SMILES string of the molecule is CCc1cc2oc(=O)cc(COC(=O)CCNS(=O)(=O)c3cn(C)c(C)n3)c2cc1Cl. The largest absolute Gasteiger partial charge is 0.461 e. The van der Waals surface area contributed by atoms with Gasteiger partial charge in [0.2, 0.25) is 0 Å². The van der Waals surface area contributed by atoms with Gasteiger partial charge in [0.15, 0.2) is 5.03 Å².